The van der Waals surface area contributed by atoms with Crippen LogP contribution in [0.4, 0.5) is 0 Å². The molecule has 1 aliphatic rings. The summed E-state index contributed by atoms with van der Waals surface area (Å²) in [5.41, 5.74) is 0.567. The number of ether oxygens (including phenoxy) is 1. The van der Waals surface area contributed by atoms with Gasteiger partial charge >= 0.3 is 5.97 Å². The van der Waals surface area contributed by atoms with Gasteiger partial charge in [-0.25, -0.2) is 13.2 Å². The van der Waals surface area contributed by atoms with Crippen molar-refractivity contribution < 1.29 is 23.1 Å². The molecule has 0 amide bonds. The summed E-state index contributed by atoms with van der Waals surface area (Å²) >= 11 is 0. The van der Waals surface area contributed by atoms with Crippen LogP contribution in [0.1, 0.15) is 28.8 Å². The molecule has 0 aromatic heterocycles. The Hall–Kier alpha value is -1.40. The lowest BCUT2D eigenvalue weighted by atomic mass is 10.1. The van der Waals surface area contributed by atoms with Crippen molar-refractivity contribution in [2.75, 3.05) is 12.4 Å². The minimum Gasteiger partial charge on any atom is -0.478 e. The van der Waals surface area contributed by atoms with Gasteiger partial charge in [-0.2, -0.15) is 0 Å². The zero-order valence-electron chi connectivity index (χ0n) is 10.6. The molecule has 0 saturated carbocycles. The smallest absolute Gasteiger partial charge is 0.335 e. The Morgan fingerprint density at radius 1 is 1.47 bits per heavy atom. The molecule has 0 radical (unpaired) electrons. The average Bonchev–Trinajstić information content (AvgIpc) is 2.80. The average molecular weight is 284 g/mol. The van der Waals surface area contributed by atoms with Gasteiger partial charge in [-0.05, 0) is 37.5 Å². The third-order valence-corrected chi connectivity index (χ3v) is 5.01. The van der Waals surface area contributed by atoms with Crippen LogP contribution >= 0.6 is 0 Å². The first-order chi connectivity index (χ1) is 8.90. The number of hydrogen-bond acceptors (Lipinski definition) is 4. The summed E-state index contributed by atoms with van der Waals surface area (Å²) in [5, 5.41) is 9.02. The molecule has 1 fully saturated rings. The molecule has 1 aliphatic heterocycles. The van der Waals surface area contributed by atoms with Crippen molar-refractivity contribution in [3.8, 4) is 0 Å². The Balaban J connectivity index is 2.29. The number of aromatic carboxylic acids is 1. The van der Waals surface area contributed by atoms with E-state index in [0.717, 1.165) is 12.8 Å². The van der Waals surface area contributed by atoms with Gasteiger partial charge in [0.2, 0.25) is 0 Å². The summed E-state index contributed by atoms with van der Waals surface area (Å²) in [4.78, 5) is 11.1. The van der Waals surface area contributed by atoms with Gasteiger partial charge in [0.05, 0.1) is 22.3 Å². The van der Waals surface area contributed by atoms with Gasteiger partial charge in [-0.1, -0.05) is 6.07 Å². The van der Waals surface area contributed by atoms with Gasteiger partial charge in [0.25, 0.3) is 0 Å². The highest BCUT2D eigenvalue weighted by atomic mass is 32.2. The van der Waals surface area contributed by atoms with Gasteiger partial charge in [0.15, 0.2) is 9.84 Å². The predicted octanol–water partition coefficient (Wildman–Crippen LogP) is 1.65. The van der Waals surface area contributed by atoms with Gasteiger partial charge in [-0.3, -0.25) is 0 Å². The highest BCUT2D eigenvalue weighted by molar-refractivity contribution is 7.91. The second-order valence-electron chi connectivity index (χ2n) is 4.70. The highest BCUT2D eigenvalue weighted by Gasteiger charge is 2.25. The van der Waals surface area contributed by atoms with Crippen LogP contribution in [0.3, 0.4) is 0 Å². The minimum atomic E-state index is -3.50. The van der Waals surface area contributed by atoms with Crippen LogP contribution in [0.25, 0.3) is 0 Å². The summed E-state index contributed by atoms with van der Waals surface area (Å²) in [5.74, 6) is -1.21. The van der Waals surface area contributed by atoms with Crippen molar-refractivity contribution in [2.24, 2.45) is 0 Å². The van der Waals surface area contributed by atoms with Crippen molar-refractivity contribution >= 4 is 15.8 Å². The molecular formula is C13H16O5S. The Morgan fingerprint density at radius 2 is 2.21 bits per heavy atom. The molecule has 1 atom stereocenters. The number of benzene rings is 1. The fourth-order valence-corrected chi connectivity index (χ4v) is 3.66. The number of rotatable bonds is 4. The van der Waals surface area contributed by atoms with Gasteiger partial charge in [0, 0.05) is 6.61 Å². The van der Waals surface area contributed by atoms with Crippen LogP contribution in [-0.2, 0) is 14.6 Å². The van der Waals surface area contributed by atoms with Gasteiger partial charge in [0.1, 0.15) is 0 Å². The lowest BCUT2D eigenvalue weighted by Crippen LogP contribution is -2.20. The van der Waals surface area contributed by atoms with Crippen molar-refractivity contribution in [3.63, 3.8) is 0 Å². The first kappa shape index (κ1) is 14.0. The lowest BCUT2D eigenvalue weighted by molar-refractivity contribution is 0.0696. The van der Waals surface area contributed by atoms with Crippen molar-refractivity contribution in [3.05, 3.63) is 29.3 Å². The largest absolute Gasteiger partial charge is 0.478 e. The van der Waals surface area contributed by atoms with Crippen LogP contribution in [0.5, 0.6) is 0 Å². The summed E-state index contributed by atoms with van der Waals surface area (Å²) in [7, 11) is -3.50. The number of hydrogen-bond donors (Lipinski definition) is 1. The molecule has 0 bridgehead atoms. The lowest BCUT2D eigenvalue weighted by Gasteiger charge is -2.11. The van der Waals surface area contributed by atoms with Crippen LogP contribution < -0.4 is 0 Å². The van der Waals surface area contributed by atoms with Gasteiger partial charge in [-0.15, -0.1) is 0 Å². The molecular weight excluding hydrogens is 268 g/mol. The Kier molecular flexibility index (Phi) is 3.91. The van der Waals surface area contributed by atoms with E-state index >= 15 is 0 Å². The number of sulfone groups is 1. The third kappa shape index (κ3) is 3.13. The molecule has 6 heteroatoms. The second-order valence-corrected chi connectivity index (χ2v) is 6.73. The van der Waals surface area contributed by atoms with Crippen molar-refractivity contribution in [2.45, 2.75) is 30.8 Å². The van der Waals surface area contributed by atoms with E-state index in [9.17, 15) is 13.2 Å². The van der Waals surface area contributed by atoms with Gasteiger partial charge < -0.3 is 9.84 Å². The predicted molar refractivity (Wildman–Crippen MR) is 69.2 cm³/mol. The molecule has 0 spiro atoms. The molecule has 1 aromatic rings. The maximum Gasteiger partial charge on any atom is 0.335 e. The van der Waals surface area contributed by atoms with Crippen LogP contribution in [0.15, 0.2) is 23.1 Å². The van der Waals surface area contributed by atoms with E-state index in [0.29, 0.717) is 12.2 Å². The zero-order valence-corrected chi connectivity index (χ0v) is 11.4. The maximum absolute atomic E-state index is 12.2. The molecule has 0 aliphatic carbocycles. The molecule has 1 saturated heterocycles. The first-order valence-corrected chi connectivity index (χ1v) is 7.74. The number of carboxylic acids is 1. The Labute approximate surface area is 112 Å². The molecule has 1 N–H and O–H groups in total. The molecule has 5 nitrogen and oxygen atoms in total. The topological polar surface area (TPSA) is 80.7 Å². The zero-order chi connectivity index (χ0) is 14.0. The van der Waals surface area contributed by atoms with Crippen molar-refractivity contribution in [1.29, 1.82) is 0 Å². The molecule has 104 valence electrons. The van der Waals surface area contributed by atoms with E-state index in [2.05, 4.69) is 0 Å². The quantitative estimate of drug-likeness (QED) is 0.909. The summed E-state index contributed by atoms with van der Waals surface area (Å²) in [6, 6.07) is 4.19. The van der Waals surface area contributed by atoms with Crippen LogP contribution in [-0.4, -0.2) is 38.0 Å². The van der Waals surface area contributed by atoms with E-state index in [1.165, 1.54) is 18.2 Å². The maximum atomic E-state index is 12.2. The second kappa shape index (κ2) is 5.30. The Bertz CT molecular complexity index is 585. The molecule has 19 heavy (non-hydrogen) atoms. The summed E-state index contributed by atoms with van der Waals surface area (Å²) in [6.45, 7) is 2.23. The SMILES string of the molecule is Cc1ccc(S(=O)(=O)CC2CCCO2)cc1C(=O)O. The summed E-state index contributed by atoms with van der Waals surface area (Å²) in [6.07, 6.45) is 1.32. The van der Waals surface area contributed by atoms with Crippen molar-refractivity contribution in [1.82, 2.24) is 0 Å². The van der Waals surface area contributed by atoms with E-state index in [-0.39, 0.29) is 22.3 Å². The number of carboxylic acid groups (broad SMARTS) is 1. The van der Waals surface area contributed by atoms with Crippen LogP contribution in [0, 0.1) is 6.92 Å². The highest BCUT2D eigenvalue weighted by Crippen LogP contribution is 2.21. The number of carbonyl (C=O) groups is 1. The summed E-state index contributed by atoms with van der Waals surface area (Å²) < 4.78 is 29.7. The molecule has 1 aromatic carbocycles. The Morgan fingerprint density at radius 3 is 2.79 bits per heavy atom. The fourth-order valence-electron chi connectivity index (χ4n) is 2.14. The first-order valence-electron chi connectivity index (χ1n) is 6.08. The van der Waals surface area contributed by atoms with Crippen LogP contribution in [0.2, 0.25) is 0 Å². The van der Waals surface area contributed by atoms with E-state index in [4.69, 9.17) is 9.84 Å². The van der Waals surface area contributed by atoms with E-state index in [1.807, 2.05) is 0 Å². The molecule has 1 heterocycles. The molecule has 2 rings (SSSR count). The monoisotopic (exact) mass is 284 g/mol. The normalized spacial score (nSPS) is 19.5. The van der Waals surface area contributed by atoms with E-state index < -0.39 is 15.8 Å². The van der Waals surface area contributed by atoms with E-state index in [1.54, 1.807) is 6.92 Å². The number of aryl methyl sites for hydroxylation is 1. The standard InChI is InChI=1S/C13H16O5S/c1-9-4-5-11(7-12(9)13(14)15)19(16,17)8-10-3-2-6-18-10/h4-5,7,10H,2-3,6,8H2,1H3,(H,14,15). The minimum absolute atomic E-state index is 0.0217. The fraction of sp³-hybridized carbons (Fsp3) is 0.462. The third-order valence-electron chi connectivity index (χ3n) is 3.23. The molecule has 1 unspecified atom stereocenters.